The molecule has 4 rings (SSSR count). The van der Waals surface area contributed by atoms with Crippen molar-refractivity contribution >= 4 is 11.9 Å². The van der Waals surface area contributed by atoms with Crippen molar-refractivity contribution in [2.24, 2.45) is 34.0 Å². The summed E-state index contributed by atoms with van der Waals surface area (Å²) in [5.74, 6) is 0.528. The third kappa shape index (κ3) is 3.65. The maximum atomic E-state index is 11.9. The zero-order chi connectivity index (χ0) is 25.1. The fourth-order valence-corrected chi connectivity index (χ4v) is 7.68. The van der Waals surface area contributed by atoms with Crippen molar-refractivity contribution in [3.05, 3.63) is 58.9 Å². The molecule has 1 unspecified atom stereocenters. The average molecular weight is 465 g/mol. The maximum absolute atomic E-state index is 11.9. The molecule has 1 heterocycles. The van der Waals surface area contributed by atoms with Gasteiger partial charge in [0.05, 0.1) is 0 Å². The van der Waals surface area contributed by atoms with E-state index in [0.29, 0.717) is 23.7 Å². The van der Waals surface area contributed by atoms with Crippen LogP contribution in [0.1, 0.15) is 80.1 Å². The van der Waals surface area contributed by atoms with Crippen LogP contribution in [0, 0.1) is 34.0 Å². The number of carboxylic acids is 1. The Morgan fingerprint density at radius 3 is 2.62 bits per heavy atom. The van der Waals surface area contributed by atoms with Crippen LogP contribution in [0.5, 0.6) is 0 Å². The van der Waals surface area contributed by atoms with Gasteiger partial charge in [-0.25, -0.2) is 4.79 Å². The molecule has 0 bridgehead atoms. The summed E-state index contributed by atoms with van der Waals surface area (Å²) in [6.45, 7) is 17.5. The van der Waals surface area contributed by atoms with E-state index in [-0.39, 0.29) is 40.5 Å². The Morgan fingerprint density at radius 1 is 1.32 bits per heavy atom. The molecule has 0 aromatic heterocycles. The molecule has 4 aliphatic rings. The van der Waals surface area contributed by atoms with Gasteiger partial charge in [-0.2, -0.15) is 0 Å². The van der Waals surface area contributed by atoms with Crippen molar-refractivity contribution in [3.8, 4) is 0 Å². The zero-order valence-electron chi connectivity index (χ0n) is 21.7. The summed E-state index contributed by atoms with van der Waals surface area (Å²) in [6, 6.07) is 0. The molecule has 0 spiro atoms. The van der Waals surface area contributed by atoms with E-state index in [2.05, 4.69) is 59.4 Å². The van der Waals surface area contributed by atoms with Crippen molar-refractivity contribution < 1.29 is 19.4 Å². The molecule has 4 nitrogen and oxygen atoms in total. The predicted octanol–water partition coefficient (Wildman–Crippen LogP) is 7.16. The Bertz CT molecular complexity index is 1060. The number of hydrogen-bond donors (Lipinski definition) is 1. The van der Waals surface area contributed by atoms with Gasteiger partial charge in [-0.3, -0.25) is 4.79 Å². The van der Waals surface area contributed by atoms with Gasteiger partial charge in [-0.05, 0) is 91.8 Å². The summed E-state index contributed by atoms with van der Waals surface area (Å²) in [4.78, 5) is 23.4. The topological polar surface area (TPSA) is 63.6 Å². The molecule has 0 radical (unpaired) electrons. The summed E-state index contributed by atoms with van der Waals surface area (Å²) < 4.78 is 5.46. The summed E-state index contributed by atoms with van der Waals surface area (Å²) in [6.07, 6.45) is 13.8. The van der Waals surface area contributed by atoms with Crippen LogP contribution >= 0.6 is 0 Å². The van der Waals surface area contributed by atoms with Gasteiger partial charge < -0.3 is 9.84 Å². The van der Waals surface area contributed by atoms with E-state index >= 15 is 0 Å². The second kappa shape index (κ2) is 8.39. The molecular formula is C30H40O4. The number of rotatable bonds is 6. The highest BCUT2D eigenvalue weighted by Gasteiger charge is 2.58. The number of carboxylic acid groups (broad SMARTS) is 1. The smallest absolute Gasteiger partial charge is 0.339 e. The summed E-state index contributed by atoms with van der Waals surface area (Å²) >= 11 is 0. The highest BCUT2D eigenvalue weighted by molar-refractivity contribution is 5.92. The molecule has 4 heteroatoms. The van der Waals surface area contributed by atoms with Crippen LogP contribution < -0.4 is 0 Å². The highest BCUT2D eigenvalue weighted by Crippen LogP contribution is 2.68. The molecule has 0 saturated heterocycles. The number of ether oxygens (including phenoxy) is 1. The zero-order valence-corrected chi connectivity index (χ0v) is 21.7. The van der Waals surface area contributed by atoms with Crippen molar-refractivity contribution in [2.75, 3.05) is 0 Å². The van der Waals surface area contributed by atoms with E-state index in [0.717, 1.165) is 31.3 Å². The van der Waals surface area contributed by atoms with Crippen LogP contribution in [0.3, 0.4) is 0 Å². The highest BCUT2D eigenvalue weighted by atomic mass is 16.5. The van der Waals surface area contributed by atoms with Gasteiger partial charge in [0.2, 0.25) is 0 Å². The van der Waals surface area contributed by atoms with Gasteiger partial charge in [-0.1, -0.05) is 57.6 Å². The SMILES string of the molecule is C=C(C)[C@@H]1C=CC2=C3CC[C@@](C)([C@H](C)/C=C4/C=C(C)C(=O)O4)[C@]3(C)CCC2[C@@]1(C)CCC(=O)O. The summed E-state index contributed by atoms with van der Waals surface area (Å²) in [5, 5.41) is 9.46. The lowest BCUT2D eigenvalue weighted by molar-refractivity contribution is -0.138. The van der Waals surface area contributed by atoms with Crippen LogP contribution in [0.4, 0.5) is 0 Å². The minimum Gasteiger partial charge on any atom is -0.481 e. The second-order valence-electron chi connectivity index (χ2n) is 11.9. The van der Waals surface area contributed by atoms with Crippen molar-refractivity contribution in [2.45, 2.75) is 80.1 Å². The lowest BCUT2D eigenvalue weighted by atomic mass is 9.49. The third-order valence-corrected chi connectivity index (χ3v) is 10.2. The quantitative estimate of drug-likeness (QED) is 0.335. The van der Waals surface area contributed by atoms with Crippen LogP contribution in [0.25, 0.3) is 0 Å². The number of esters is 1. The first kappa shape index (κ1) is 24.8. The van der Waals surface area contributed by atoms with Crippen molar-refractivity contribution in [3.63, 3.8) is 0 Å². The first-order valence-corrected chi connectivity index (χ1v) is 12.7. The number of hydrogen-bond acceptors (Lipinski definition) is 3. The summed E-state index contributed by atoms with van der Waals surface area (Å²) in [7, 11) is 0. The average Bonchev–Trinajstić information content (AvgIpc) is 3.22. The van der Waals surface area contributed by atoms with Gasteiger partial charge in [0, 0.05) is 17.9 Å². The molecule has 0 aromatic rings. The van der Waals surface area contributed by atoms with Gasteiger partial charge in [0.15, 0.2) is 0 Å². The Hall–Kier alpha value is -2.36. The molecule has 1 saturated carbocycles. The van der Waals surface area contributed by atoms with Crippen molar-refractivity contribution in [1.82, 2.24) is 0 Å². The summed E-state index contributed by atoms with van der Waals surface area (Å²) in [5.41, 5.74) is 4.77. The molecule has 0 aromatic carbocycles. The Morgan fingerprint density at radius 2 is 2.03 bits per heavy atom. The largest absolute Gasteiger partial charge is 0.481 e. The number of fused-ring (bicyclic) bond motifs is 2. The van der Waals surface area contributed by atoms with Gasteiger partial charge in [-0.15, -0.1) is 0 Å². The standard InChI is InChI=1S/C30H40O4/c1-18(2)23-9-8-22-24(28(23,5)13-12-26(31)32)10-15-30(7)25(22)11-14-29(30,6)20(4)17-21-16-19(3)27(33)34-21/h8-9,16-17,20,23-24H,1,10-15H2,2-7H3,(H,31,32)/b21-17-/t20-,23+,24?,28+,29+,30-/m1/s1. The first-order chi connectivity index (χ1) is 15.8. The molecule has 34 heavy (non-hydrogen) atoms. The molecular weight excluding hydrogens is 424 g/mol. The molecule has 0 amide bonds. The number of allylic oxidation sites excluding steroid dienone is 7. The lowest BCUT2D eigenvalue weighted by Crippen LogP contribution is -2.46. The van der Waals surface area contributed by atoms with Crippen molar-refractivity contribution in [1.29, 1.82) is 0 Å². The lowest BCUT2D eigenvalue weighted by Gasteiger charge is -2.54. The van der Waals surface area contributed by atoms with Gasteiger partial charge >= 0.3 is 11.9 Å². The monoisotopic (exact) mass is 464 g/mol. The van der Waals surface area contributed by atoms with E-state index in [9.17, 15) is 14.7 Å². The van der Waals surface area contributed by atoms with Gasteiger partial charge in [0.1, 0.15) is 5.76 Å². The van der Waals surface area contributed by atoms with Crippen LogP contribution in [0.15, 0.2) is 58.9 Å². The molecule has 1 N–H and O–H groups in total. The van der Waals surface area contributed by atoms with Crippen LogP contribution in [0.2, 0.25) is 0 Å². The van der Waals surface area contributed by atoms with E-state index in [1.54, 1.807) is 12.5 Å². The van der Waals surface area contributed by atoms with Crippen LogP contribution in [-0.4, -0.2) is 17.0 Å². The fourth-order valence-electron chi connectivity index (χ4n) is 7.68. The fraction of sp³-hybridized carbons (Fsp3) is 0.600. The molecule has 1 fully saturated rings. The third-order valence-electron chi connectivity index (χ3n) is 10.2. The first-order valence-electron chi connectivity index (χ1n) is 12.7. The molecule has 6 atom stereocenters. The minimum atomic E-state index is -0.724. The number of aliphatic carboxylic acids is 1. The van der Waals surface area contributed by atoms with Crippen LogP contribution in [-0.2, 0) is 14.3 Å². The van der Waals surface area contributed by atoms with E-state index in [1.165, 1.54) is 5.57 Å². The predicted molar refractivity (Wildman–Crippen MR) is 135 cm³/mol. The normalized spacial score (nSPS) is 38.9. The Balaban J connectivity index is 1.72. The number of cyclic esters (lactones) is 1. The Kier molecular flexibility index (Phi) is 6.11. The Labute approximate surface area is 204 Å². The molecule has 1 aliphatic heterocycles. The molecule has 3 aliphatic carbocycles. The molecule has 184 valence electrons. The van der Waals surface area contributed by atoms with E-state index in [4.69, 9.17) is 4.74 Å². The minimum absolute atomic E-state index is 0.0561. The number of carbonyl (C=O) groups excluding carboxylic acids is 1. The maximum Gasteiger partial charge on any atom is 0.339 e. The van der Waals surface area contributed by atoms with E-state index in [1.807, 2.05) is 6.08 Å². The number of carbonyl (C=O) groups is 2. The second-order valence-corrected chi connectivity index (χ2v) is 11.9. The van der Waals surface area contributed by atoms with E-state index < -0.39 is 5.97 Å². The van der Waals surface area contributed by atoms with Gasteiger partial charge in [0.25, 0.3) is 0 Å².